The lowest BCUT2D eigenvalue weighted by Crippen LogP contribution is -2.48. The first kappa shape index (κ1) is 18.1. The Hall–Kier alpha value is -1.90. The molecule has 1 unspecified atom stereocenters. The first-order chi connectivity index (χ1) is 10.1. The van der Waals surface area contributed by atoms with Crippen LogP contribution in [0, 0.1) is 5.92 Å². The van der Waals surface area contributed by atoms with Crippen molar-refractivity contribution in [2.45, 2.75) is 18.6 Å². The highest BCUT2D eigenvalue weighted by Gasteiger charge is 2.44. The van der Waals surface area contributed by atoms with Crippen LogP contribution in [0.25, 0.3) is 0 Å². The van der Waals surface area contributed by atoms with E-state index in [1.165, 1.54) is 24.3 Å². The Bertz CT molecular complexity index is 533. The van der Waals surface area contributed by atoms with Crippen LogP contribution < -0.4 is 5.32 Å². The molecule has 1 rings (SSSR count). The molecule has 2 atom stereocenters. The maximum atomic E-state index is 12.6. The number of aromatic hydroxyl groups is 1. The van der Waals surface area contributed by atoms with Crippen LogP contribution in [0.15, 0.2) is 24.3 Å². The summed E-state index contributed by atoms with van der Waals surface area (Å²) >= 11 is 3.48. The van der Waals surface area contributed by atoms with E-state index < -0.39 is 35.8 Å². The Morgan fingerprint density at radius 2 is 1.77 bits per heavy atom. The maximum absolute atomic E-state index is 12.6. The van der Waals surface area contributed by atoms with E-state index in [2.05, 4.69) is 12.6 Å². The first-order valence-electron chi connectivity index (χ1n) is 6.13. The monoisotopic (exact) mass is 337 g/mol. The number of carboxylic acids is 1. The van der Waals surface area contributed by atoms with E-state index in [-0.39, 0.29) is 12.2 Å². The van der Waals surface area contributed by atoms with Crippen LogP contribution in [-0.4, -0.2) is 40.1 Å². The van der Waals surface area contributed by atoms with Crippen LogP contribution in [0.3, 0.4) is 0 Å². The Labute approximate surface area is 129 Å². The molecule has 122 valence electrons. The van der Waals surface area contributed by atoms with Crippen molar-refractivity contribution in [3.05, 3.63) is 29.8 Å². The number of hydrogen-bond acceptors (Lipinski definition) is 4. The Morgan fingerprint density at radius 3 is 2.18 bits per heavy atom. The number of halogens is 3. The Kier molecular flexibility index (Phi) is 6.10. The van der Waals surface area contributed by atoms with Crippen LogP contribution in [0.4, 0.5) is 13.2 Å². The van der Waals surface area contributed by atoms with Gasteiger partial charge in [-0.25, -0.2) is 4.79 Å². The number of carbonyl (C=O) groups is 2. The molecule has 1 aromatic rings. The third-order valence-corrected chi connectivity index (χ3v) is 3.25. The highest BCUT2D eigenvalue weighted by atomic mass is 32.1. The van der Waals surface area contributed by atoms with E-state index >= 15 is 0 Å². The number of carboxylic acid groups (broad SMARTS) is 1. The summed E-state index contributed by atoms with van der Waals surface area (Å²) in [5.41, 5.74) is 0.444. The second-order valence-corrected chi connectivity index (χ2v) is 4.91. The zero-order valence-corrected chi connectivity index (χ0v) is 12.1. The molecule has 5 nitrogen and oxygen atoms in total. The van der Waals surface area contributed by atoms with Gasteiger partial charge >= 0.3 is 12.1 Å². The van der Waals surface area contributed by atoms with Gasteiger partial charge in [-0.2, -0.15) is 25.8 Å². The van der Waals surface area contributed by atoms with Gasteiger partial charge in [-0.15, -0.1) is 0 Å². The van der Waals surface area contributed by atoms with E-state index in [4.69, 9.17) is 10.2 Å². The first-order valence-corrected chi connectivity index (χ1v) is 6.77. The van der Waals surface area contributed by atoms with Gasteiger partial charge in [0.2, 0.25) is 5.91 Å². The molecule has 1 aromatic carbocycles. The summed E-state index contributed by atoms with van der Waals surface area (Å²) in [6, 6.07) is 3.93. The average Bonchev–Trinajstić information content (AvgIpc) is 2.39. The molecule has 0 bridgehead atoms. The molecule has 0 aliphatic rings. The maximum Gasteiger partial charge on any atom is 0.401 e. The molecule has 9 heteroatoms. The lowest BCUT2D eigenvalue weighted by molar-refractivity contribution is -0.178. The molecular formula is C13H14F3NO4S. The fourth-order valence-electron chi connectivity index (χ4n) is 1.68. The van der Waals surface area contributed by atoms with Gasteiger partial charge in [-0.1, -0.05) is 12.1 Å². The van der Waals surface area contributed by atoms with Crippen molar-refractivity contribution in [3.63, 3.8) is 0 Å². The predicted octanol–water partition coefficient (Wildman–Crippen LogP) is 1.61. The van der Waals surface area contributed by atoms with Gasteiger partial charge in [-0.05, 0) is 17.7 Å². The largest absolute Gasteiger partial charge is 0.508 e. The molecule has 0 aliphatic carbocycles. The summed E-state index contributed by atoms with van der Waals surface area (Å²) < 4.78 is 37.8. The van der Waals surface area contributed by atoms with Crippen molar-refractivity contribution in [1.29, 1.82) is 0 Å². The number of amides is 1. The SMILES string of the molecule is O=C(N[C@H](Cc1ccc(O)cc1)C(=O)O)C(CS)C(F)(F)F. The van der Waals surface area contributed by atoms with E-state index in [9.17, 15) is 22.8 Å². The molecule has 0 saturated carbocycles. The van der Waals surface area contributed by atoms with Gasteiger partial charge in [-0.3, -0.25) is 4.79 Å². The molecule has 0 aliphatic heterocycles. The van der Waals surface area contributed by atoms with Crippen molar-refractivity contribution in [2.24, 2.45) is 5.92 Å². The third kappa shape index (κ3) is 5.14. The highest BCUT2D eigenvalue weighted by Crippen LogP contribution is 2.27. The summed E-state index contributed by atoms with van der Waals surface area (Å²) in [6.07, 6.45) is -5.01. The number of thiol groups is 1. The Balaban J connectivity index is 2.82. The summed E-state index contributed by atoms with van der Waals surface area (Å²) in [7, 11) is 0. The van der Waals surface area contributed by atoms with Gasteiger partial charge in [0.05, 0.1) is 0 Å². The molecule has 0 spiro atoms. The quantitative estimate of drug-likeness (QED) is 0.594. The number of phenols is 1. The zero-order valence-electron chi connectivity index (χ0n) is 11.2. The highest BCUT2D eigenvalue weighted by molar-refractivity contribution is 7.80. The summed E-state index contributed by atoms with van der Waals surface area (Å²) in [4.78, 5) is 22.7. The van der Waals surface area contributed by atoms with Crippen molar-refractivity contribution >= 4 is 24.5 Å². The molecule has 0 heterocycles. The second kappa shape index (κ2) is 7.39. The van der Waals surface area contributed by atoms with Crippen LogP contribution >= 0.6 is 12.6 Å². The third-order valence-electron chi connectivity index (χ3n) is 2.88. The topological polar surface area (TPSA) is 86.6 Å². The number of alkyl halides is 3. The van der Waals surface area contributed by atoms with Crippen molar-refractivity contribution in [2.75, 3.05) is 5.75 Å². The summed E-state index contributed by atoms with van der Waals surface area (Å²) in [5.74, 6) is -6.08. The number of benzene rings is 1. The second-order valence-electron chi connectivity index (χ2n) is 4.55. The van der Waals surface area contributed by atoms with Gasteiger partial charge in [0, 0.05) is 12.2 Å². The summed E-state index contributed by atoms with van der Waals surface area (Å²) in [6.45, 7) is 0. The number of aliphatic carboxylic acids is 1. The fourth-order valence-corrected chi connectivity index (χ4v) is 2.05. The molecule has 1 amide bonds. The number of nitrogens with one attached hydrogen (secondary N) is 1. The minimum absolute atomic E-state index is 0.0353. The molecule has 0 fully saturated rings. The average molecular weight is 337 g/mol. The van der Waals surface area contributed by atoms with Gasteiger partial charge in [0.25, 0.3) is 0 Å². The lowest BCUT2D eigenvalue weighted by Gasteiger charge is -2.21. The van der Waals surface area contributed by atoms with Crippen molar-refractivity contribution in [1.82, 2.24) is 5.32 Å². The van der Waals surface area contributed by atoms with E-state index in [0.29, 0.717) is 5.56 Å². The van der Waals surface area contributed by atoms with Crippen LogP contribution in [-0.2, 0) is 16.0 Å². The van der Waals surface area contributed by atoms with E-state index in [1.54, 1.807) is 0 Å². The van der Waals surface area contributed by atoms with Crippen molar-refractivity contribution < 1.29 is 33.0 Å². The van der Waals surface area contributed by atoms with Gasteiger partial charge in [0.15, 0.2) is 0 Å². The number of hydrogen-bond donors (Lipinski definition) is 4. The fraction of sp³-hybridized carbons (Fsp3) is 0.385. The molecule has 22 heavy (non-hydrogen) atoms. The minimum Gasteiger partial charge on any atom is -0.508 e. The molecular weight excluding hydrogens is 323 g/mol. The van der Waals surface area contributed by atoms with Crippen LogP contribution in [0.2, 0.25) is 0 Å². The normalized spacial score (nSPS) is 14.2. The summed E-state index contributed by atoms with van der Waals surface area (Å²) in [5, 5.41) is 20.0. The molecule has 0 radical (unpaired) electrons. The van der Waals surface area contributed by atoms with E-state index in [1.807, 2.05) is 5.32 Å². The number of phenolic OH excluding ortho intramolecular Hbond substituents is 1. The zero-order chi connectivity index (χ0) is 16.9. The minimum atomic E-state index is -4.80. The smallest absolute Gasteiger partial charge is 0.401 e. The molecule has 0 aromatic heterocycles. The van der Waals surface area contributed by atoms with Crippen LogP contribution in [0.1, 0.15) is 5.56 Å². The molecule has 3 N–H and O–H groups in total. The molecule has 0 saturated heterocycles. The van der Waals surface area contributed by atoms with Crippen LogP contribution in [0.5, 0.6) is 5.75 Å². The van der Waals surface area contributed by atoms with E-state index in [0.717, 1.165) is 0 Å². The van der Waals surface area contributed by atoms with Gasteiger partial charge < -0.3 is 15.5 Å². The number of carbonyl (C=O) groups excluding carboxylic acids is 1. The van der Waals surface area contributed by atoms with Crippen molar-refractivity contribution in [3.8, 4) is 5.75 Å². The standard InChI is InChI=1S/C13H14F3NO4S/c14-13(15,16)9(6-22)11(19)17-10(12(20)21)5-7-1-3-8(18)4-2-7/h1-4,9-10,18,22H,5-6H2,(H,17,19)(H,20,21)/t9?,10-/m1/s1. The van der Waals surface area contributed by atoms with Gasteiger partial charge in [0.1, 0.15) is 17.7 Å². The Morgan fingerprint density at radius 1 is 1.23 bits per heavy atom. The predicted molar refractivity (Wildman–Crippen MR) is 74.8 cm³/mol. The lowest BCUT2D eigenvalue weighted by atomic mass is 10.0. The number of rotatable bonds is 6.